The van der Waals surface area contributed by atoms with Crippen molar-refractivity contribution < 1.29 is 4.74 Å². The fraction of sp³-hybridized carbons (Fsp3) is 0.125. The maximum atomic E-state index is 8.70. The molecule has 0 aliphatic rings. The highest BCUT2D eigenvalue weighted by Gasteiger charge is 2.10. The van der Waals surface area contributed by atoms with Gasteiger partial charge < -0.3 is 4.74 Å². The lowest BCUT2D eigenvalue weighted by Gasteiger charge is -2.05. The van der Waals surface area contributed by atoms with Crippen LogP contribution in [0.3, 0.4) is 0 Å². The molecule has 0 saturated carbocycles. The summed E-state index contributed by atoms with van der Waals surface area (Å²) in [6.07, 6.45) is 0. The van der Waals surface area contributed by atoms with Gasteiger partial charge in [0.25, 0.3) is 0 Å². The van der Waals surface area contributed by atoms with Crippen molar-refractivity contribution in [2.24, 2.45) is 5.11 Å². The van der Waals surface area contributed by atoms with Gasteiger partial charge in [0.05, 0.1) is 29.5 Å². The topological polar surface area (TPSA) is 81.8 Å². The Kier molecular flexibility index (Phi) is 3.19. The van der Waals surface area contributed by atoms with E-state index in [-0.39, 0.29) is 16.3 Å². The highest BCUT2D eigenvalue weighted by atomic mass is 35.5. The predicted molar refractivity (Wildman–Crippen MR) is 51.5 cm³/mol. The molecule has 0 aromatic heterocycles. The maximum Gasteiger partial charge on any atom is 0.138 e. The maximum absolute atomic E-state index is 8.70. The summed E-state index contributed by atoms with van der Waals surface area (Å²) in [5.74, 6) is 0.369. The van der Waals surface area contributed by atoms with Gasteiger partial charge in [-0.1, -0.05) is 16.7 Å². The molecule has 1 aromatic rings. The Hall–Kier alpha value is -1.89. The van der Waals surface area contributed by atoms with Crippen LogP contribution < -0.4 is 4.74 Å². The quantitative estimate of drug-likeness (QED) is 0.425. The molecule has 0 atom stereocenters. The minimum Gasteiger partial charge on any atom is -0.495 e. The van der Waals surface area contributed by atoms with Crippen molar-refractivity contribution in [3.8, 4) is 11.8 Å². The zero-order valence-electron chi connectivity index (χ0n) is 7.23. The molecule has 0 N–H and O–H groups in total. The molecule has 0 aliphatic carbocycles. The van der Waals surface area contributed by atoms with E-state index in [1.54, 1.807) is 0 Å². The first-order valence-electron chi connectivity index (χ1n) is 3.56. The average molecular weight is 209 g/mol. The fourth-order valence-corrected chi connectivity index (χ4v) is 1.22. The van der Waals surface area contributed by atoms with Crippen molar-refractivity contribution >= 4 is 17.3 Å². The van der Waals surface area contributed by atoms with Crippen LogP contribution in [0.4, 0.5) is 5.69 Å². The third-order valence-corrected chi connectivity index (χ3v) is 1.93. The number of benzene rings is 1. The highest BCUT2D eigenvalue weighted by molar-refractivity contribution is 6.34. The number of nitriles is 1. The minimum absolute atomic E-state index is 0.0935. The van der Waals surface area contributed by atoms with Gasteiger partial charge in [-0.3, -0.25) is 0 Å². The van der Waals surface area contributed by atoms with Crippen LogP contribution in [0.2, 0.25) is 5.02 Å². The first-order valence-corrected chi connectivity index (χ1v) is 3.94. The summed E-state index contributed by atoms with van der Waals surface area (Å²) in [7, 11) is 1.44. The van der Waals surface area contributed by atoms with E-state index >= 15 is 0 Å². The van der Waals surface area contributed by atoms with E-state index in [4.69, 9.17) is 27.1 Å². The molecule has 14 heavy (non-hydrogen) atoms. The third-order valence-electron chi connectivity index (χ3n) is 1.57. The zero-order chi connectivity index (χ0) is 10.6. The van der Waals surface area contributed by atoms with Crippen molar-refractivity contribution in [1.82, 2.24) is 0 Å². The second kappa shape index (κ2) is 4.38. The zero-order valence-corrected chi connectivity index (χ0v) is 7.99. The Morgan fingerprint density at radius 2 is 2.36 bits per heavy atom. The molecular weight excluding hydrogens is 204 g/mol. The minimum atomic E-state index is 0.0935. The summed E-state index contributed by atoms with van der Waals surface area (Å²) < 4.78 is 4.91. The van der Waals surface area contributed by atoms with Crippen LogP contribution in [0.1, 0.15) is 5.56 Å². The molecule has 0 bridgehead atoms. The number of halogens is 1. The first-order chi connectivity index (χ1) is 6.74. The van der Waals surface area contributed by atoms with Gasteiger partial charge in [0.15, 0.2) is 0 Å². The van der Waals surface area contributed by atoms with Crippen LogP contribution >= 0.6 is 11.6 Å². The predicted octanol–water partition coefficient (Wildman–Crippen LogP) is 3.16. The molecule has 0 aliphatic heterocycles. The summed E-state index contributed by atoms with van der Waals surface area (Å²) in [6.45, 7) is 0. The Bertz CT molecular complexity index is 445. The van der Waals surface area contributed by atoms with Gasteiger partial charge in [0, 0.05) is 4.91 Å². The van der Waals surface area contributed by atoms with Crippen LogP contribution in [0.15, 0.2) is 17.2 Å². The van der Waals surface area contributed by atoms with Crippen molar-refractivity contribution in [2.75, 3.05) is 7.11 Å². The van der Waals surface area contributed by atoms with E-state index in [2.05, 4.69) is 10.0 Å². The fourth-order valence-electron chi connectivity index (χ4n) is 0.936. The smallest absolute Gasteiger partial charge is 0.138 e. The van der Waals surface area contributed by atoms with Gasteiger partial charge in [-0.2, -0.15) is 5.26 Å². The van der Waals surface area contributed by atoms with Gasteiger partial charge in [0.1, 0.15) is 5.75 Å². The van der Waals surface area contributed by atoms with Crippen LogP contribution in [0, 0.1) is 11.3 Å². The van der Waals surface area contributed by atoms with E-state index in [1.165, 1.54) is 19.2 Å². The number of nitrogens with zero attached hydrogens (tertiary/aromatic N) is 4. The molecular formula is C8H5ClN4O. The summed E-state index contributed by atoms with van der Waals surface area (Å²) in [4.78, 5) is 2.58. The third kappa shape index (κ3) is 1.72. The Morgan fingerprint density at radius 3 is 2.86 bits per heavy atom. The molecule has 0 fully saturated rings. The van der Waals surface area contributed by atoms with Crippen molar-refractivity contribution in [1.29, 1.82) is 5.26 Å². The second-order valence-electron chi connectivity index (χ2n) is 2.28. The largest absolute Gasteiger partial charge is 0.495 e. The Labute approximate surface area is 85.1 Å². The average Bonchev–Trinajstić information content (AvgIpc) is 2.21. The monoisotopic (exact) mass is 208 g/mol. The number of rotatable bonds is 2. The molecule has 0 unspecified atom stereocenters. The van der Waals surface area contributed by atoms with E-state index in [0.29, 0.717) is 5.75 Å². The molecule has 1 aromatic carbocycles. The van der Waals surface area contributed by atoms with Crippen molar-refractivity contribution in [3.05, 3.63) is 33.2 Å². The lowest BCUT2D eigenvalue weighted by Crippen LogP contribution is -1.86. The number of hydrogen-bond acceptors (Lipinski definition) is 3. The lowest BCUT2D eigenvalue weighted by atomic mass is 10.2. The van der Waals surface area contributed by atoms with Crippen LogP contribution in [-0.2, 0) is 0 Å². The molecule has 0 radical (unpaired) electrons. The first kappa shape index (κ1) is 10.2. The highest BCUT2D eigenvalue weighted by Crippen LogP contribution is 2.36. The van der Waals surface area contributed by atoms with E-state index in [1.807, 2.05) is 6.07 Å². The van der Waals surface area contributed by atoms with E-state index in [0.717, 1.165) is 0 Å². The van der Waals surface area contributed by atoms with Gasteiger partial charge in [-0.15, -0.1) is 0 Å². The summed E-state index contributed by atoms with van der Waals surface area (Å²) in [5.41, 5.74) is 8.59. The number of azide groups is 1. The second-order valence-corrected chi connectivity index (χ2v) is 2.66. The SMILES string of the molecule is COc1ccc(C#N)c(N=[N+]=[N-])c1Cl. The molecule has 0 saturated heterocycles. The number of ether oxygens (including phenoxy) is 1. The lowest BCUT2D eigenvalue weighted by molar-refractivity contribution is 0.415. The molecule has 6 heteroatoms. The summed E-state index contributed by atoms with van der Waals surface area (Å²) in [5, 5.41) is 12.2. The molecule has 0 spiro atoms. The van der Waals surface area contributed by atoms with Gasteiger partial charge in [0.2, 0.25) is 0 Å². The van der Waals surface area contributed by atoms with Crippen LogP contribution in [-0.4, -0.2) is 7.11 Å². The molecule has 1 rings (SSSR count). The molecule has 70 valence electrons. The normalized spacial score (nSPS) is 8.64. The van der Waals surface area contributed by atoms with Gasteiger partial charge in [-0.25, -0.2) is 0 Å². The molecule has 0 amide bonds. The summed E-state index contributed by atoms with van der Waals surface area (Å²) >= 11 is 5.83. The Morgan fingerprint density at radius 1 is 1.64 bits per heavy atom. The van der Waals surface area contributed by atoms with Crippen molar-refractivity contribution in [2.45, 2.75) is 0 Å². The number of methoxy groups -OCH3 is 1. The van der Waals surface area contributed by atoms with Crippen LogP contribution in [0.5, 0.6) is 5.75 Å². The standard InChI is InChI=1S/C8H5ClN4O/c1-14-6-3-2-5(4-10)8(7(6)9)12-13-11/h2-3H,1H3. The van der Waals surface area contributed by atoms with E-state index < -0.39 is 0 Å². The molecule has 0 heterocycles. The van der Waals surface area contributed by atoms with E-state index in [9.17, 15) is 0 Å². The number of hydrogen-bond donors (Lipinski definition) is 0. The van der Waals surface area contributed by atoms with Crippen molar-refractivity contribution in [3.63, 3.8) is 0 Å². The van der Waals surface area contributed by atoms with Crippen LogP contribution in [0.25, 0.3) is 10.4 Å². The Balaban J connectivity index is 3.48. The molecule has 5 nitrogen and oxygen atoms in total. The summed E-state index contributed by atoms with van der Waals surface area (Å²) in [6, 6.07) is 4.89. The van der Waals surface area contributed by atoms with Gasteiger partial charge in [-0.05, 0) is 17.7 Å². The van der Waals surface area contributed by atoms with Gasteiger partial charge >= 0.3 is 0 Å².